The molecule has 0 spiro atoms. The normalized spacial score (nSPS) is 19.7. The van der Waals surface area contributed by atoms with E-state index in [4.69, 9.17) is 16.6 Å². The number of hydrogen-bond acceptors (Lipinski definition) is 6. The maximum Gasteiger partial charge on any atom is 0.180 e. The second-order valence-corrected chi connectivity index (χ2v) is 8.83. The van der Waals surface area contributed by atoms with Crippen molar-refractivity contribution in [1.29, 1.82) is 0 Å². The van der Waals surface area contributed by atoms with E-state index in [0.29, 0.717) is 10.7 Å². The lowest BCUT2D eigenvalue weighted by molar-refractivity contribution is 0.0979. The van der Waals surface area contributed by atoms with Crippen molar-refractivity contribution in [3.8, 4) is 0 Å². The van der Waals surface area contributed by atoms with Gasteiger partial charge in [0.1, 0.15) is 17.3 Å². The molecule has 0 saturated carbocycles. The van der Waals surface area contributed by atoms with Gasteiger partial charge in [-0.2, -0.15) is 5.10 Å². The van der Waals surface area contributed by atoms with Crippen LogP contribution in [0.25, 0.3) is 5.65 Å². The standard InChI is InChI=1S/C23H26ClFN6O/c1-15(29-10-6-17(32)7-11-29)27-20-14-26-31-12-8-22(28-23(20)31)30-9-2-3-21(30)18-13-16(25)4-5-19(18)24/h4-5,8,12-14,17,21,27,32H,1-3,6-7,9-11H2/t21-/m1/s1. The molecule has 2 N–H and O–H groups in total. The van der Waals surface area contributed by atoms with Crippen molar-refractivity contribution in [2.45, 2.75) is 37.8 Å². The molecular formula is C23H26ClFN6O. The number of aromatic nitrogens is 3. The zero-order valence-electron chi connectivity index (χ0n) is 17.7. The van der Waals surface area contributed by atoms with Gasteiger partial charge in [-0.05, 0) is 55.5 Å². The Hall–Kier alpha value is -2.84. The summed E-state index contributed by atoms with van der Waals surface area (Å²) in [7, 11) is 0. The molecule has 2 fully saturated rings. The smallest absolute Gasteiger partial charge is 0.180 e. The van der Waals surface area contributed by atoms with Gasteiger partial charge in [0.2, 0.25) is 0 Å². The maximum atomic E-state index is 13.9. The summed E-state index contributed by atoms with van der Waals surface area (Å²) in [5.74, 6) is 1.28. The van der Waals surface area contributed by atoms with Gasteiger partial charge in [-0.1, -0.05) is 18.2 Å². The van der Waals surface area contributed by atoms with Crippen molar-refractivity contribution in [3.05, 3.63) is 65.5 Å². The van der Waals surface area contributed by atoms with Crippen molar-refractivity contribution < 1.29 is 9.50 Å². The van der Waals surface area contributed by atoms with Gasteiger partial charge in [0.05, 0.1) is 24.2 Å². The molecule has 1 atom stereocenters. The van der Waals surface area contributed by atoms with Crippen LogP contribution in [0, 0.1) is 5.82 Å². The fraction of sp³-hybridized carbons (Fsp3) is 0.391. The zero-order valence-corrected chi connectivity index (χ0v) is 18.5. The van der Waals surface area contributed by atoms with E-state index in [0.717, 1.165) is 68.2 Å². The van der Waals surface area contributed by atoms with E-state index in [1.54, 1.807) is 16.8 Å². The monoisotopic (exact) mass is 456 g/mol. The molecule has 2 aromatic heterocycles. The number of nitrogens with zero attached hydrogens (tertiary/aromatic N) is 5. The minimum absolute atomic E-state index is 0.0257. The first kappa shape index (κ1) is 21.0. The topological polar surface area (TPSA) is 68.9 Å². The van der Waals surface area contributed by atoms with E-state index < -0.39 is 0 Å². The summed E-state index contributed by atoms with van der Waals surface area (Å²) in [6, 6.07) is 6.42. The highest BCUT2D eigenvalue weighted by Gasteiger charge is 2.29. The number of anilines is 2. The largest absolute Gasteiger partial charge is 0.393 e. The third kappa shape index (κ3) is 4.00. The minimum Gasteiger partial charge on any atom is -0.393 e. The maximum absolute atomic E-state index is 13.9. The molecule has 1 aromatic carbocycles. The van der Waals surface area contributed by atoms with Gasteiger partial charge in [0.15, 0.2) is 5.65 Å². The zero-order chi connectivity index (χ0) is 22.2. The molecule has 7 nitrogen and oxygen atoms in total. The first-order valence-electron chi connectivity index (χ1n) is 10.9. The number of likely N-dealkylation sites (tertiary alicyclic amines) is 1. The highest BCUT2D eigenvalue weighted by Crippen LogP contribution is 2.39. The lowest BCUT2D eigenvalue weighted by atomic mass is 10.0. The number of piperidine rings is 1. The fourth-order valence-corrected chi connectivity index (χ4v) is 4.86. The van der Waals surface area contributed by atoms with Crippen molar-refractivity contribution in [3.63, 3.8) is 0 Å². The van der Waals surface area contributed by atoms with Crippen LogP contribution < -0.4 is 10.2 Å². The summed E-state index contributed by atoms with van der Waals surface area (Å²) in [5, 5.41) is 18.1. The lowest BCUT2D eigenvalue weighted by Crippen LogP contribution is -2.36. The Morgan fingerprint density at radius 1 is 1.19 bits per heavy atom. The molecule has 0 radical (unpaired) electrons. The van der Waals surface area contributed by atoms with Gasteiger partial charge >= 0.3 is 0 Å². The van der Waals surface area contributed by atoms with Crippen LogP contribution in [0.4, 0.5) is 15.9 Å². The molecule has 2 aliphatic rings. The molecule has 168 valence electrons. The molecule has 9 heteroatoms. The highest BCUT2D eigenvalue weighted by atomic mass is 35.5. The van der Waals surface area contributed by atoms with E-state index in [9.17, 15) is 9.50 Å². The van der Waals surface area contributed by atoms with Crippen LogP contribution in [0.2, 0.25) is 5.02 Å². The van der Waals surface area contributed by atoms with Crippen LogP contribution in [0.1, 0.15) is 37.3 Å². The Balaban J connectivity index is 1.41. The number of hydrogen-bond donors (Lipinski definition) is 2. The summed E-state index contributed by atoms with van der Waals surface area (Å²) in [6.45, 7) is 6.50. The number of rotatable bonds is 5. The van der Waals surface area contributed by atoms with Gasteiger partial charge < -0.3 is 20.2 Å². The Bertz CT molecular complexity index is 1140. The Labute approximate surface area is 191 Å². The predicted molar refractivity (Wildman–Crippen MR) is 123 cm³/mol. The second-order valence-electron chi connectivity index (χ2n) is 8.42. The number of benzene rings is 1. The number of halogens is 2. The average Bonchev–Trinajstić information content (AvgIpc) is 3.43. The Morgan fingerprint density at radius 2 is 2.00 bits per heavy atom. The summed E-state index contributed by atoms with van der Waals surface area (Å²) < 4.78 is 15.6. The molecule has 5 rings (SSSR count). The van der Waals surface area contributed by atoms with E-state index in [-0.39, 0.29) is 18.0 Å². The van der Waals surface area contributed by atoms with E-state index in [2.05, 4.69) is 26.8 Å². The van der Waals surface area contributed by atoms with E-state index >= 15 is 0 Å². The van der Waals surface area contributed by atoms with Crippen LogP contribution in [0.3, 0.4) is 0 Å². The number of aliphatic hydroxyl groups is 1. The quantitative estimate of drug-likeness (QED) is 0.599. The highest BCUT2D eigenvalue weighted by molar-refractivity contribution is 6.31. The summed E-state index contributed by atoms with van der Waals surface area (Å²) in [5.41, 5.74) is 2.25. The van der Waals surface area contributed by atoms with Crippen molar-refractivity contribution in [1.82, 2.24) is 19.5 Å². The van der Waals surface area contributed by atoms with Crippen LogP contribution in [0.15, 0.2) is 49.1 Å². The Morgan fingerprint density at radius 3 is 2.81 bits per heavy atom. The van der Waals surface area contributed by atoms with E-state index in [1.165, 1.54) is 12.1 Å². The van der Waals surface area contributed by atoms with E-state index in [1.807, 2.05) is 12.3 Å². The van der Waals surface area contributed by atoms with Gasteiger partial charge in [-0.15, -0.1) is 0 Å². The SMILES string of the molecule is C=C(Nc1cnn2ccc(N3CCC[C@@H]3c3cc(F)ccc3Cl)nc12)N1CCC(O)CC1. The molecule has 32 heavy (non-hydrogen) atoms. The van der Waals surface area contributed by atoms with Crippen molar-refractivity contribution >= 4 is 28.8 Å². The van der Waals surface area contributed by atoms with Crippen molar-refractivity contribution in [2.75, 3.05) is 29.9 Å². The van der Waals surface area contributed by atoms with Crippen LogP contribution in [-0.4, -0.2) is 50.3 Å². The minimum atomic E-state index is -0.286. The average molecular weight is 457 g/mol. The molecule has 4 heterocycles. The Kier molecular flexibility index (Phi) is 5.65. The first-order chi connectivity index (χ1) is 15.5. The fourth-order valence-electron chi connectivity index (χ4n) is 4.61. The lowest BCUT2D eigenvalue weighted by Gasteiger charge is -2.32. The van der Waals surface area contributed by atoms with Gasteiger partial charge in [0, 0.05) is 30.9 Å². The molecule has 3 aromatic rings. The molecule has 0 aliphatic carbocycles. The van der Waals surface area contributed by atoms with Gasteiger partial charge in [-0.3, -0.25) is 0 Å². The molecule has 0 amide bonds. The first-order valence-corrected chi connectivity index (χ1v) is 11.3. The second kappa shape index (κ2) is 8.60. The number of fused-ring (bicyclic) bond motifs is 1. The van der Waals surface area contributed by atoms with Crippen LogP contribution in [-0.2, 0) is 0 Å². The van der Waals surface area contributed by atoms with Crippen molar-refractivity contribution in [2.24, 2.45) is 0 Å². The number of aliphatic hydroxyl groups excluding tert-OH is 1. The van der Waals surface area contributed by atoms with Gasteiger partial charge in [0.25, 0.3) is 0 Å². The van der Waals surface area contributed by atoms with Gasteiger partial charge in [-0.25, -0.2) is 13.9 Å². The molecule has 0 bridgehead atoms. The third-order valence-corrected chi connectivity index (χ3v) is 6.69. The summed E-state index contributed by atoms with van der Waals surface area (Å²) >= 11 is 6.40. The van der Waals surface area contributed by atoms with Crippen LogP contribution in [0.5, 0.6) is 0 Å². The molecule has 0 unspecified atom stereocenters. The number of nitrogens with one attached hydrogen (secondary N) is 1. The van der Waals surface area contributed by atoms with Crippen LogP contribution >= 0.6 is 11.6 Å². The molecular weight excluding hydrogens is 431 g/mol. The molecule has 2 saturated heterocycles. The third-order valence-electron chi connectivity index (χ3n) is 6.34. The predicted octanol–water partition coefficient (Wildman–Crippen LogP) is 4.20. The summed E-state index contributed by atoms with van der Waals surface area (Å²) in [6.07, 6.45) is 6.71. The molecule has 2 aliphatic heterocycles. The summed E-state index contributed by atoms with van der Waals surface area (Å²) in [4.78, 5) is 9.19.